The van der Waals surface area contributed by atoms with Gasteiger partial charge in [-0.1, -0.05) is 18.2 Å². The number of rotatable bonds is 3. The second kappa shape index (κ2) is 5.84. The molecule has 0 aliphatic carbocycles. The van der Waals surface area contributed by atoms with Crippen LogP contribution in [0.25, 0.3) is 10.9 Å². The number of nitrogens with zero attached hydrogens (tertiary/aromatic N) is 2. The first-order valence-corrected chi connectivity index (χ1v) is 6.99. The monoisotopic (exact) mass is 331 g/mol. The van der Waals surface area contributed by atoms with Crippen molar-refractivity contribution in [1.29, 1.82) is 0 Å². The SMILES string of the molecule is NC(=O)c1ccc(N(c2ccc3ccccc3n2)C(F)(F)F)cc1. The van der Waals surface area contributed by atoms with Crippen LogP contribution in [-0.2, 0) is 0 Å². The fourth-order valence-corrected chi connectivity index (χ4v) is 2.36. The average Bonchev–Trinajstić information content (AvgIpc) is 2.54. The molecule has 0 radical (unpaired) electrons. The number of nitrogens with two attached hydrogens (primary N) is 1. The highest BCUT2D eigenvalue weighted by atomic mass is 19.4. The van der Waals surface area contributed by atoms with Crippen molar-refractivity contribution in [2.45, 2.75) is 6.30 Å². The molecule has 0 fully saturated rings. The molecule has 0 atom stereocenters. The Morgan fingerprint density at radius 2 is 1.62 bits per heavy atom. The third kappa shape index (κ3) is 3.01. The van der Waals surface area contributed by atoms with Crippen molar-refractivity contribution in [1.82, 2.24) is 4.98 Å². The number of anilines is 2. The van der Waals surface area contributed by atoms with Gasteiger partial charge in [0.15, 0.2) is 0 Å². The van der Waals surface area contributed by atoms with Crippen LogP contribution in [-0.4, -0.2) is 17.2 Å². The fourth-order valence-electron chi connectivity index (χ4n) is 2.36. The van der Waals surface area contributed by atoms with E-state index in [1.807, 2.05) is 0 Å². The number of aromatic nitrogens is 1. The quantitative estimate of drug-likeness (QED) is 0.738. The van der Waals surface area contributed by atoms with E-state index in [1.54, 1.807) is 30.3 Å². The molecule has 0 saturated carbocycles. The minimum absolute atomic E-state index is 0.132. The second-order valence-electron chi connectivity index (χ2n) is 5.08. The maximum atomic E-state index is 13.5. The van der Waals surface area contributed by atoms with Crippen LogP contribution in [0.4, 0.5) is 24.7 Å². The zero-order valence-corrected chi connectivity index (χ0v) is 12.3. The normalized spacial score (nSPS) is 11.5. The summed E-state index contributed by atoms with van der Waals surface area (Å²) < 4.78 is 40.6. The Morgan fingerprint density at radius 1 is 0.958 bits per heavy atom. The highest BCUT2D eigenvalue weighted by molar-refractivity contribution is 5.93. The number of primary amides is 1. The number of amides is 1. The summed E-state index contributed by atoms with van der Waals surface area (Å²) >= 11 is 0. The molecule has 3 aromatic rings. The zero-order chi connectivity index (χ0) is 17.3. The summed E-state index contributed by atoms with van der Waals surface area (Å²) in [6, 6.07) is 14.7. The summed E-state index contributed by atoms with van der Waals surface area (Å²) in [5.41, 5.74) is 5.54. The van der Waals surface area contributed by atoms with Gasteiger partial charge in [0.1, 0.15) is 5.82 Å². The van der Waals surface area contributed by atoms with Crippen LogP contribution in [0.3, 0.4) is 0 Å². The maximum absolute atomic E-state index is 13.5. The van der Waals surface area contributed by atoms with Crippen LogP contribution in [0.5, 0.6) is 0 Å². The Morgan fingerprint density at radius 3 is 2.25 bits per heavy atom. The van der Waals surface area contributed by atoms with Gasteiger partial charge in [0.25, 0.3) is 0 Å². The summed E-state index contributed by atoms with van der Waals surface area (Å²) in [5.74, 6) is -0.961. The molecule has 24 heavy (non-hydrogen) atoms. The summed E-state index contributed by atoms with van der Waals surface area (Å²) in [7, 11) is 0. The smallest absolute Gasteiger partial charge is 0.366 e. The molecule has 0 bridgehead atoms. The molecule has 0 saturated heterocycles. The van der Waals surface area contributed by atoms with Gasteiger partial charge >= 0.3 is 6.30 Å². The molecular formula is C17H12F3N3O. The minimum Gasteiger partial charge on any atom is -0.366 e. The average molecular weight is 331 g/mol. The Kier molecular flexibility index (Phi) is 3.84. The Bertz CT molecular complexity index is 891. The van der Waals surface area contributed by atoms with Crippen LogP contribution in [0.15, 0.2) is 60.7 Å². The Hall–Kier alpha value is -3.09. The van der Waals surface area contributed by atoms with Gasteiger partial charge < -0.3 is 5.73 Å². The number of hydrogen-bond donors (Lipinski definition) is 1. The molecule has 1 aromatic heterocycles. The zero-order valence-electron chi connectivity index (χ0n) is 12.3. The number of carbonyl (C=O) groups is 1. The van der Waals surface area contributed by atoms with Crippen molar-refractivity contribution in [3.8, 4) is 0 Å². The largest absolute Gasteiger partial charge is 0.490 e. The molecule has 0 unspecified atom stereocenters. The number of para-hydroxylation sites is 1. The molecule has 4 nitrogen and oxygen atoms in total. The third-order valence-electron chi connectivity index (χ3n) is 3.48. The molecule has 1 amide bonds. The molecule has 0 aliphatic rings. The molecule has 1 heterocycles. The van der Waals surface area contributed by atoms with Crippen LogP contribution in [0.1, 0.15) is 10.4 Å². The van der Waals surface area contributed by atoms with Crippen molar-refractivity contribution in [2.75, 3.05) is 4.90 Å². The van der Waals surface area contributed by atoms with E-state index >= 15 is 0 Å². The fraction of sp³-hybridized carbons (Fsp3) is 0.0588. The summed E-state index contributed by atoms with van der Waals surface area (Å²) in [6.07, 6.45) is -4.68. The van der Waals surface area contributed by atoms with E-state index in [2.05, 4.69) is 4.98 Å². The Balaban J connectivity index is 2.10. The first kappa shape index (κ1) is 15.8. The van der Waals surface area contributed by atoms with Crippen LogP contribution >= 0.6 is 0 Å². The van der Waals surface area contributed by atoms with Crippen LogP contribution in [0, 0.1) is 0 Å². The van der Waals surface area contributed by atoms with Gasteiger partial charge in [-0.05, 0) is 42.5 Å². The number of halogens is 3. The van der Waals surface area contributed by atoms with E-state index in [0.717, 1.165) is 5.39 Å². The van der Waals surface area contributed by atoms with E-state index in [4.69, 9.17) is 5.73 Å². The van der Waals surface area contributed by atoms with Crippen LogP contribution < -0.4 is 10.6 Å². The van der Waals surface area contributed by atoms with Crippen molar-refractivity contribution >= 4 is 28.3 Å². The highest BCUT2D eigenvalue weighted by Gasteiger charge is 2.39. The van der Waals surface area contributed by atoms with Crippen molar-refractivity contribution in [3.63, 3.8) is 0 Å². The summed E-state index contributed by atoms with van der Waals surface area (Å²) in [5, 5.41) is 0.743. The third-order valence-corrected chi connectivity index (χ3v) is 3.48. The van der Waals surface area contributed by atoms with Crippen molar-refractivity contribution in [2.24, 2.45) is 5.73 Å². The van der Waals surface area contributed by atoms with E-state index in [1.165, 1.54) is 30.3 Å². The number of benzene rings is 2. The first-order valence-electron chi connectivity index (χ1n) is 6.99. The van der Waals surface area contributed by atoms with Gasteiger partial charge in [-0.3, -0.25) is 4.79 Å². The molecular weight excluding hydrogens is 319 g/mol. The summed E-state index contributed by atoms with van der Waals surface area (Å²) in [4.78, 5) is 15.3. The van der Waals surface area contributed by atoms with Gasteiger partial charge in [0.2, 0.25) is 5.91 Å². The molecule has 3 rings (SSSR count). The van der Waals surface area contributed by atoms with Gasteiger partial charge in [0, 0.05) is 10.9 Å². The number of pyridine rings is 1. The van der Waals surface area contributed by atoms with E-state index < -0.39 is 12.2 Å². The molecule has 2 aromatic carbocycles. The molecule has 0 spiro atoms. The van der Waals surface area contributed by atoms with Crippen molar-refractivity contribution in [3.05, 3.63) is 66.2 Å². The lowest BCUT2D eigenvalue weighted by atomic mass is 10.2. The molecule has 7 heteroatoms. The maximum Gasteiger partial charge on any atom is 0.490 e. The van der Waals surface area contributed by atoms with Gasteiger partial charge in [-0.15, -0.1) is 13.2 Å². The number of alkyl halides is 3. The van der Waals surface area contributed by atoms with Crippen molar-refractivity contribution < 1.29 is 18.0 Å². The predicted molar refractivity (Wildman–Crippen MR) is 84.9 cm³/mol. The lowest BCUT2D eigenvalue weighted by Crippen LogP contribution is -2.34. The van der Waals surface area contributed by atoms with Gasteiger partial charge in [-0.25, -0.2) is 9.88 Å². The predicted octanol–water partition coefficient (Wildman–Crippen LogP) is 3.99. The number of fused-ring (bicyclic) bond motifs is 1. The van der Waals surface area contributed by atoms with Gasteiger partial charge in [-0.2, -0.15) is 0 Å². The molecule has 0 aliphatic heterocycles. The lowest BCUT2D eigenvalue weighted by molar-refractivity contribution is -0.121. The highest BCUT2D eigenvalue weighted by Crippen LogP contribution is 2.36. The summed E-state index contributed by atoms with van der Waals surface area (Å²) in [6.45, 7) is 0. The van der Waals surface area contributed by atoms with Crippen LogP contribution in [0.2, 0.25) is 0 Å². The van der Waals surface area contributed by atoms with E-state index in [-0.39, 0.29) is 22.0 Å². The minimum atomic E-state index is -4.68. The topological polar surface area (TPSA) is 59.2 Å². The molecule has 122 valence electrons. The first-order chi connectivity index (χ1) is 11.4. The second-order valence-corrected chi connectivity index (χ2v) is 5.08. The van der Waals surface area contributed by atoms with E-state index in [0.29, 0.717) is 5.52 Å². The molecule has 2 N–H and O–H groups in total. The van der Waals surface area contributed by atoms with E-state index in [9.17, 15) is 18.0 Å². The Labute approximate surface area is 135 Å². The van der Waals surface area contributed by atoms with Gasteiger partial charge in [0.05, 0.1) is 11.2 Å². The number of hydrogen-bond acceptors (Lipinski definition) is 3. The lowest BCUT2D eigenvalue weighted by Gasteiger charge is -2.26. The number of carbonyl (C=O) groups excluding carboxylic acids is 1. The standard InChI is InChI=1S/C17H12F3N3O/c18-17(19,20)23(13-8-5-12(6-9-13)16(21)24)15-10-7-11-3-1-2-4-14(11)22-15/h1-10H,(H2,21,24).